The molecule has 0 aromatic carbocycles. The third kappa shape index (κ3) is 18.1. The third-order valence-corrected chi connectivity index (χ3v) is 38.1. The fraction of sp³-hybridized carbons (Fsp3) is 0.892. The molecule has 0 heterocycles. The van der Waals surface area contributed by atoms with Gasteiger partial charge >= 0.3 is 74.4 Å². The number of fused-ring (bicyclic) bond motifs is 10. The first-order chi connectivity index (χ1) is 53.5. The van der Waals surface area contributed by atoms with E-state index in [1.807, 2.05) is 13.8 Å². The molecule has 7 N–H and O–H groups in total. The number of aliphatic carboxylic acids is 1. The van der Waals surface area contributed by atoms with E-state index in [4.69, 9.17) is 19.3 Å². The van der Waals surface area contributed by atoms with Gasteiger partial charge in [0.2, 0.25) is 0 Å². The first-order valence-electron chi connectivity index (χ1n) is 44.6. The zero-order valence-electron chi connectivity index (χ0n) is 72.3. The molecule has 14 aliphatic rings. The van der Waals surface area contributed by atoms with Gasteiger partial charge in [-0.2, -0.15) is 0 Å². The normalized spacial score (nSPS) is 48.8. The summed E-state index contributed by atoms with van der Waals surface area (Å²) in [6.45, 7) is 40.6. The molecule has 0 amide bonds. The molecule has 16 nitrogen and oxygen atoms in total. The Morgan fingerprint density at radius 1 is 0.513 bits per heavy atom. The van der Waals surface area contributed by atoms with Gasteiger partial charge in [0.15, 0.2) is 6.61 Å². The summed E-state index contributed by atoms with van der Waals surface area (Å²) in [5.41, 5.74) is -2.02. The average Bonchev–Trinajstić information content (AvgIpc) is 1.61. The Bertz CT molecular complexity index is 3420. The van der Waals surface area contributed by atoms with Crippen LogP contribution in [0.15, 0.2) is 25.3 Å². The number of halogens is 6. The predicted molar refractivity (Wildman–Crippen MR) is 492 cm³/mol. The molecule has 0 saturated heterocycles. The van der Waals surface area contributed by atoms with Crippen molar-refractivity contribution in [2.75, 3.05) is 13.2 Å². The van der Waals surface area contributed by atoms with Crippen molar-refractivity contribution in [3.8, 4) is 0 Å². The molecule has 14 rings (SSSR count). The van der Waals surface area contributed by atoms with E-state index in [2.05, 4.69) is 178 Å². The van der Waals surface area contributed by atoms with Crippen LogP contribution >= 0.6 is 98.4 Å². The van der Waals surface area contributed by atoms with Crippen molar-refractivity contribution >= 4 is 134 Å². The molecule has 0 radical (unpaired) electrons. The minimum absolute atomic E-state index is 0. The number of esters is 3. The Morgan fingerprint density at radius 3 is 1.31 bits per heavy atom. The molecule has 2 unspecified atom stereocenters. The number of hydrogen-bond donors (Lipinski definition) is 7. The number of carboxylic acid groups (broad SMARTS) is 1. The molecule has 0 aliphatic heterocycles. The van der Waals surface area contributed by atoms with E-state index in [0.29, 0.717) is 128 Å². The second kappa shape index (κ2) is 39.2. The van der Waals surface area contributed by atoms with Crippen LogP contribution in [0.2, 0.25) is 0 Å². The maximum atomic E-state index is 13.7. The number of aliphatic hydroxyl groups excluding tert-OH is 6. The van der Waals surface area contributed by atoms with Crippen molar-refractivity contribution in [1.29, 1.82) is 0 Å². The van der Waals surface area contributed by atoms with Crippen LogP contribution in [-0.2, 0) is 43.0 Å². The molecule has 115 heavy (non-hydrogen) atoms. The summed E-state index contributed by atoms with van der Waals surface area (Å²) in [5, 5.41) is 74.7. The van der Waals surface area contributed by atoms with Gasteiger partial charge in [-0.3, -0.25) is 19.2 Å². The van der Waals surface area contributed by atoms with Crippen molar-refractivity contribution in [2.45, 2.75) is 339 Å². The molecule has 14 aliphatic carbocycles. The van der Waals surface area contributed by atoms with Gasteiger partial charge in [0, 0.05) is 96.4 Å². The summed E-state index contributed by atoms with van der Waals surface area (Å²) in [4.78, 5) is 76.6. The van der Waals surface area contributed by atoms with Gasteiger partial charge in [0.05, 0.1) is 30.5 Å². The molecule has 0 spiro atoms. The van der Waals surface area contributed by atoms with Gasteiger partial charge in [-0.25, -0.2) is 9.59 Å². The Kier molecular flexibility index (Phi) is 34.0. The molecular formula is C93H149I6O16-. The Morgan fingerprint density at radius 2 is 0.896 bits per heavy atom. The summed E-state index contributed by atoms with van der Waals surface area (Å²) in [6, 6.07) is 0. The Labute approximate surface area is 761 Å². The molecule has 14 fully saturated rings. The first-order valence-corrected chi connectivity index (χ1v) is 63.5. The summed E-state index contributed by atoms with van der Waals surface area (Å²) in [7, 11) is 0. The molecule has 0 aromatic heterocycles. The van der Waals surface area contributed by atoms with Crippen LogP contribution in [0, 0.1) is 167 Å². The van der Waals surface area contributed by atoms with Crippen LogP contribution in [0.5, 0.6) is 0 Å². The number of aliphatic hydroxyl groups is 6. The molecule has 22 heteroatoms. The Hall–Kier alpha value is 0.840. The molecule has 36 atom stereocenters. The molecule has 4 bridgehead atoms. The summed E-state index contributed by atoms with van der Waals surface area (Å²) in [5.74, 6) is 4.88. The fourth-order valence-electron chi connectivity index (χ4n) is 31.6. The topological polar surface area (TPSA) is 272 Å². The Balaban J connectivity index is 0.000000209. The molecular weight excluding hydrogens is 2130 g/mol. The molecule has 0 aromatic rings. The standard InChI is InChI=1S/C47H74O7.C24H40O4.C22H34O5.I3.I2.HI/c1-10-43(6)25-37(46(9)20-16-29(4)47(30(5)42(43)52)22-18-35(48)41(46)47)54-39(51)26-53-38(50)14-11-28(3)32-12-13-33-40-34(17-21-45(32,33)8)44(7)19-15-27(2)23-31(44)24-36(40)49;1-14(4-7-21(27)28)17-5-6-18-22-19(9-11-24(17,18)3)23(2)10-8-16(25)12-15(23)13-20(22)26;1-6-20(4)11-16(27-17(25)12-23)21(5)9-7-13(2)22(14(3)19(20)26)10-8-15(24)18(21)22;1-3-2;1-2;/h10,27-34,36-37,40-42,49,52H,1,11-26H2,2-9H3;14-20,22,25-26H,4-13H2,1-3H3,(H,27,28);6,13-14,16,18-19,23,26H,1,7-12H2,2-5H3;;;1H/q;;;-1;;/t27-,28-,29-,30+,31+,32-,33?,34+,36+,37-,40+,41+,42+,43-,44+,45-,46+,47+;14-,15+,16-,17-,18?,19+,20+,22+,23+,24-;13-,14+,16-,18+,19+,20-,21+,22+;;;/m111.../s1. The van der Waals surface area contributed by atoms with Crippen LogP contribution in [0.3, 0.4) is 0 Å². The number of carboxylic acids is 1. The molecule has 660 valence electrons. The number of hydrogen-bond acceptors (Lipinski definition) is 15. The van der Waals surface area contributed by atoms with Crippen molar-refractivity contribution in [1.82, 2.24) is 0 Å². The van der Waals surface area contributed by atoms with Gasteiger partial charge in [0.1, 0.15) is 30.4 Å². The maximum absolute atomic E-state index is 13.7. The second-order valence-electron chi connectivity index (χ2n) is 42.8. The van der Waals surface area contributed by atoms with Gasteiger partial charge in [-0.15, -0.1) is 37.1 Å². The van der Waals surface area contributed by atoms with Crippen LogP contribution in [0.4, 0.5) is 0 Å². The van der Waals surface area contributed by atoms with Crippen molar-refractivity contribution in [3.63, 3.8) is 0 Å². The van der Waals surface area contributed by atoms with Crippen LogP contribution < -0.4 is 13.3 Å². The van der Waals surface area contributed by atoms with Crippen molar-refractivity contribution in [3.05, 3.63) is 25.3 Å². The van der Waals surface area contributed by atoms with E-state index in [-0.39, 0.29) is 129 Å². The minimum atomic E-state index is -0.730. The first kappa shape index (κ1) is 99.6. The van der Waals surface area contributed by atoms with Crippen LogP contribution in [-0.4, -0.2) is 127 Å². The predicted octanol–water partition coefficient (Wildman–Crippen LogP) is 17.6. The van der Waals surface area contributed by atoms with Crippen LogP contribution in [0.25, 0.3) is 0 Å². The quantitative estimate of drug-likeness (QED) is 0.0347. The van der Waals surface area contributed by atoms with E-state index in [0.717, 1.165) is 89.4 Å². The summed E-state index contributed by atoms with van der Waals surface area (Å²) >= 11 is 9.54. The van der Waals surface area contributed by atoms with Gasteiger partial charge < -0.3 is 50.0 Å². The number of ether oxygens (including phenoxy) is 3. The van der Waals surface area contributed by atoms with Gasteiger partial charge in [-0.05, 0) is 294 Å². The number of carbonyl (C=O) groups is 6. The van der Waals surface area contributed by atoms with Crippen molar-refractivity contribution < 1.29 is 92.0 Å². The van der Waals surface area contributed by atoms with Gasteiger partial charge in [0.25, 0.3) is 0 Å². The third-order valence-electron chi connectivity index (χ3n) is 38.1. The SMILES string of the molecule is C=C[C@]1(C)C[C@@H](OC(=O)CO)[C@]2(C)CC[C@@H](C)[C@@]3(CCC(=O)[C@@H]23)[C@@H](C)[C@@H]1O.C=C[C@]1(C)C[C@@H](OC(=O)COC(=O)CC[C@@H](C)[C@H]2CCC3[C@@H]4[C@@H](O)C[C@@H]5C[C@H](C)CC[C@]5(C)[C@H]4CC[C@@]32C)[C@]2(C)CC[C@@H](C)[C@@]3(CCC(=O)[C@@H]23)[C@@H](C)[C@@H]1O.C[C@H](CCC(=O)O)[C@H]1CCC2[C@@H]3[C@@H](O)C[C@@H]4C[C@H](O)CC[C@]4(C)[C@H]3CC[C@@]21C.I.II.I[I-]I. The summed E-state index contributed by atoms with van der Waals surface area (Å²) < 4.78 is 17.6. The van der Waals surface area contributed by atoms with E-state index in [9.17, 15) is 59.4 Å². The van der Waals surface area contributed by atoms with Crippen molar-refractivity contribution in [2.24, 2.45) is 167 Å². The van der Waals surface area contributed by atoms with E-state index < -0.39 is 77.2 Å². The van der Waals surface area contributed by atoms with E-state index >= 15 is 0 Å². The van der Waals surface area contributed by atoms with E-state index in [1.54, 1.807) is 12.2 Å². The zero-order valence-corrected chi connectivity index (χ0v) is 85.4. The number of Topliss-reactive ketones (excluding diaryl/α,β-unsaturated/α-hetero) is 2. The van der Waals surface area contributed by atoms with Crippen LogP contribution in [0.1, 0.15) is 296 Å². The summed E-state index contributed by atoms with van der Waals surface area (Å²) in [6.07, 6.45) is 27.3. The molecule has 14 saturated carbocycles. The number of rotatable bonds is 15. The van der Waals surface area contributed by atoms with Gasteiger partial charge in [-0.1, -0.05) is 122 Å². The zero-order chi connectivity index (χ0) is 84.3. The second-order valence-corrected chi connectivity index (χ2v) is 59.1. The number of ketones is 2. The monoisotopic (exact) mass is 2280 g/mol. The average molecular weight is 2280 g/mol. The number of carbonyl (C=O) groups excluding carboxylic acids is 5. The fourth-order valence-corrected chi connectivity index (χ4v) is 31.6. The van der Waals surface area contributed by atoms with E-state index in [1.165, 1.54) is 64.2 Å².